The summed E-state index contributed by atoms with van der Waals surface area (Å²) in [6.07, 6.45) is 0. The minimum absolute atomic E-state index is 0.00794. The van der Waals surface area contributed by atoms with Crippen LogP contribution in [0, 0.1) is 0 Å². The van der Waals surface area contributed by atoms with Crippen LogP contribution < -0.4 is 0 Å². The molecule has 1 aliphatic heterocycles. The van der Waals surface area contributed by atoms with Crippen molar-refractivity contribution in [2.45, 2.75) is 29.1 Å². The maximum atomic E-state index is 2.43. The van der Waals surface area contributed by atoms with Gasteiger partial charge in [-0.15, -0.1) is 0 Å². The SMILES string of the molecule is CC1(C)c2ccccc2-c2ccc(-c3ccccc3-c3ccc4c(c3)-c3cccc5cccc(c35)S4)cc21. The molecule has 1 heteroatoms. The van der Waals surface area contributed by atoms with E-state index in [2.05, 4.69) is 135 Å². The Balaban J connectivity index is 1.28. The first-order valence-corrected chi connectivity index (χ1v) is 14.1. The summed E-state index contributed by atoms with van der Waals surface area (Å²) in [6, 6.07) is 45.1. The summed E-state index contributed by atoms with van der Waals surface area (Å²) in [5, 5.41) is 2.68. The zero-order valence-electron chi connectivity index (χ0n) is 21.5. The number of rotatable bonds is 2. The monoisotopic (exact) mass is 502 g/mol. The van der Waals surface area contributed by atoms with E-state index in [9.17, 15) is 0 Å². The molecule has 0 bridgehead atoms. The van der Waals surface area contributed by atoms with Crippen molar-refractivity contribution in [1.29, 1.82) is 0 Å². The van der Waals surface area contributed by atoms with Crippen LogP contribution in [-0.4, -0.2) is 0 Å². The highest BCUT2D eigenvalue weighted by Gasteiger charge is 2.35. The third-order valence-corrected chi connectivity index (χ3v) is 9.62. The van der Waals surface area contributed by atoms with Gasteiger partial charge in [-0.2, -0.15) is 0 Å². The van der Waals surface area contributed by atoms with E-state index in [1.165, 1.54) is 76.2 Å². The highest BCUT2D eigenvalue weighted by atomic mass is 32.2. The van der Waals surface area contributed by atoms with Gasteiger partial charge in [-0.1, -0.05) is 123 Å². The van der Waals surface area contributed by atoms with Gasteiger partial charge in [0.1, 0.15) is 0 Å². The molecule has 0 saturated carbocycles. The van der Waals surface area contributed by atoms with Crippen molar-refractivity contribution >= 4 is 22.5 Å². The molecule has 8 rings (SSSR count). The van der Waals surface area contributed by atoms with Gasteiger partial charge in [-0.05, 0) is 85.3 Å². The number of fused-ring (bicyclic) bond motifs is 5. The Morgan fingerprint density at radius 1 is 0.447 bits per heavy atom. The summed E-state index contributed by atoms with van der Waals surface area (Å²) in [5.74, 6) is 0. The molecule has 0 unspecified atom stereocenters. The summed E-state index contributed by atoms with van der Waals surface area (Å²) in [7, 11) is 0. The van der Waals surface area contributed by atoms with Crippen molar-refractivity contribution in [2.24, 2.45) is 0 Å². The van der Waals surface area contributed by atoms with E-state index in [1.807, 2.05) is 11.8 Å². The lowest BCUT2D eigenvalue weighted by molar-refractivity contribution is 0.660. The van der Waals surface area contributed by atoms with E-state index >= 15 is 0 Å². The molecule has 2 aliphatic rings. The molecule has 0 N–H and O–H groups in total. The molecular weight excluding hydrogens is 476 g/mol. The van der Waals surface area contributed by atoms with Crippen molar-refractivity contribution in [1.82, 2.24) is 0 Å². The number of benzene rings is 6. The fraction of sp³-hybridized carbons (Fsp3) is 0.0811. The topological polar surface area (TPSA) is 0 Å². The third-order valence-electron chi connectivity index (χ3n) is 8.49. The van der Waals surface area contributed by atoms with Crippen LogP contribution in [0.15, 0.2) is 131 Å². The van der Waals surface area contributed by atoms with Crippen LogP contribution in [0.2, 0.25) is 0 Å². The maximum absolute atomic E-state index is 2.43. The predicted octanol–water partition coefficient (Wildman–Crippen LogP) is 10.6. The van der Waals surface area contributed by atoms with E-state index in [4.69, 9.17) is 0 Å². The Bertz CT molecular complexity index is 1920. The Labute approximate surface area is 228 Å². The van der Waals surface area contributed by atoms with Gasteiger partial charge < -0.3 is 0 Å². The summed E-state index contributed by atoms with van der Waals surface area (Å²) >= 11 is 1.89. The van der Waals surface area contributed by atoms with Crippen molar-refractivity contribution in [2.75, 3.05) is 0 Å². The Hall–Kier alpha value is -4.07. The predicted molar refractivity (Wildman–Crippen MR) is 162 cm³/mol. The van der Waals surface area contributed by atoms with Gasteiger partial charge in [-0.25, -0.2) is 0 Å². The van der Waals surface area contributed by atoms with E-state index in [1.54, 1.807) is 0 Å². The van der Waals surface area contributed by atoms with Crippen LogP contribution in [-0.2, 0) is 5.41 Å². The van der Waals surface area contributed by atoms with Crippen molar-refractivity contribution < 1.29 is 0 Å². The second kappa shape index (κ2) is 7.96. The normalized spacial score (nSPS) is 14.2. The first kappa shape index (κ1) is 22.0. The molecule has 0 radical (unpaired) electrons. The minimum atomic E-state index is -0.00794. The molecule has 1 heterocycles. The van der Waals surface area contributed by atoms with Gasteiger partial charge >= 0.3 is 0 Å². The minimum Gasteiger partial charge on any atom is -0.0888 e. The average molecular weight is 503 g/mol. The van der Waals surface area contributed by atoms with Crippen LogP contribution in [0.1, 0.15) is 25.0 Å². The molecule has 0 aromatic heterocycles. The first-order valence-electron chi connectivity index (χ1n) is 13.3. The zero-order valence-corrected chi connectivity index (χ0v) is 22.3. The second-order valence-corrected chi connectivity index (χ2v) is 12.0. The highest BCUT2D eigenvalue weighted by Crippen LogP contribution is 2.51. The van der Waals surface area contributed by atoms with Crippen molar-refractivity contribution in [3.63, 3.8) is 0 Å². The van der Waals surface area contributed by atoms with Crippen LogP contribution >= 0.6 is 11.8 Å². The fourth-order valence-electron chi connectivity index (χ4n) is 6.59. The van der Waals surface area contributed by atoms with E-state index in [-0.39, 0.29) is 5.41 Å². The fourth-order valence-corrected chi connectivity index (χ4v) is 7.72. The number of hydrogen-bond donors (Lipinski definition) is 0. The molecular formula is C37H26S. The zero-order chi connectivity index (χ0) is 25.4. The second-order valence-electron chi connectivity index (χ2n) is 10.9. The summed E-state index contributed by atoms with van der Waals surface area (Å²) < 4.78 is 0. The maximum Gasteiger partial charge on any atom is 0.0207 e. The standard InChI is InChI=1S/C37H26S/c1-37(2)32-15-6-5-13-28(32)29-19-17-25(22-33(29)37)27-12-4-3-11-26(27)24-18-20-34-31(21-24)30-14-7-9-23-10-8-16-35(38-34)36(23)30/h3-22H,1-2H3. The molecule has 0 spiro atoms. The molecule has 0 fully saturated rings. The van der Waals surface area contributed by atoms with Gasteiger partial charge in [0.2, 0.25) is 0 Å². The summed E-state index contributed by atoms with van der Waals surface area (Å²) in [6.45, 7) is 4.71. The molecule has 6 aromatic carbocycles. The first-order chi connectivity index (χ1) is 18.6. The smallest absolute Gasteiger partial charge is 0.0207 e. The van der Waals surface area contributed by atoms with Crippen molar-refractivity contribution in [3.05, 3.63) is 132 Å². The summed E-state index contributed by atoms with van der Waals surface area (Å²) in [4.78, 5) is 2.68. The molecule has 6 aromatic rings. The van der Waals surface area contributed by atoms with Crippen LogP contribution in [0.4, 0.5) is 0 Å². The highest BCUT2D eigenvalue weighted by molar-refractivity contribution is 7.99. The van der Waals surface area contributed by atoms with Gasteiger partial charge in [0.15, 0.2) is 0 Å². The molecule has 180 valence electrons. The Morgan fingerprint density at radius 2 is 1.08 bits per heavy atom. The van der Waals surface area contributed by atoms with Gasteiger partial charge in [0.05, 0.1) is 0 Å². The van der Waals surface area contributed by atoms with Gasteiger partial charge in [0.25, 0.3) is 0 Å². The third kappa shape index (κ3) is 3.06. The van der Waals surface area contributed by atoms with Gasteiger partial charge in [-0.3, -0.25) is 0 Å². The molecule has 1 aliphatic carbocycles. The van der Waals surface area contributed by atoms with Crippen LogP contribution in [0.5, 0.6) is 0 Å². The molecule has 0 nitrogen and oxygen atoms in total. The lowest BCUT2D eigenvalue weighted by Gasteiger charge is -2.23. The number of hydrogen-bond acceptors (Lipinski definition) is 1. The lowest BCUT2D eigenvalue weighted by Crippen LogP contribution is -2.14. The van der Waals surface area contributed by atoms with E-state index in [0.717, 1.165) is 0 Å². The Morgan fingerprint density at radius 3 is 1.89 bits per heavy atom. The van der Waals surface area contributed by atoms with Crippen molar-refractivity contribution in [3.8, 4) is 44.5 Å². The largest absolute Gasteiger partial charge is 0.0888 e. The quantitative estimate of drug-likeness (QED) is 0.226. The van der Waals surface area contributed by atoms with E-state index in [0.29, 0.717) is 0 Å². The molecule has 38 heavy (non-hydrogen) atoms. The average Bonchev–Trinajstić information content (AvgIpc) is 3.19. The molecule has 0 atom stereocenters. The Kier molecular flexibility index (Phi) is 4.60. The molecule has 0 amide bonds. The molecule has 0 saturated heterocycles. The van der Waals surface area contributed by atoms with Crippen LogP contribution in [0.3, 0.4) is 0 Å². The van der Waals surface area contributed by atoms with Crippen LogP contribution in [0.25, 0.3) is 55.3 Å². The van der Waals surface area contributed by atoms with Gasteiger partial charge in [0, 0.05) is 20.6 Å². The summed E-state index contributed by atoms with van der Waals surface area (Å²) in [5.41, 5.74) is 13.3. The lowest BCUT2D eigenvalue weighted by atomic mass is 9.81. The van der Waals surface area contributed by atoms with E-state index < -0.39 is 0 Å².